The Morgan fingerprint density at radius 1 is 1.25 bits per heavy atom. The topological polar surface area (TPSA) is 64.3 Å². The summed E-state index contributed by atoms with van der Waals surface area (Å²) < 4.78 is 5.15. The van der Waals surface area contributed by atoms with Crippen LogP contribution in [0, 0.1) is 0 Å². The fourth-order valence-electron chi connectivity index (χ4n) is 3.30. The number of nitrogens with one attached hydrogen (secondary N) is 1. The summed E-state index contributed by atoms with van der Waals surface area (Å²) in [5, 5.41) is 3.18. The van der Waals surface area contributed by atoms with Gasteiger partial charge in [0.1, 0.15) is 5.75 Å². The summed E-state index contributed by atoms with van der Waals surface area (Å²) in [6, 6.07) is 14.0. The van der Waals surface area contributed by atoms with Crippen molar-refractivity contribution in [3.8, 4) is 5.75 Å². The first-order valence-corrected chi connectivity index (χ1v) is 8.46. The third-order valence-corrected chi connectivity index (χ3v) is 4.62. The number of rotatable bonds is 5. The standard InChI is InChI=1S/C20H24N2O2/c1-24-17-9-5-14(6-10-17)7-12-20(23)22-19-4-2-3-15-13-16(21)8-11-18(15)19/h5-6,8-11,13,19H,2-4,7,12,21H2,1H3,(H,22,23). The van der Waals surface area contributed by atoms with E-state index in [0.29, 0.717) is 6.42 Å². The van der Waals surface area contributed by atoms with Crippen LogP contribution in [-0.4, -0.2) is 13.0 Å². The average molecular weight is 324 g/mol. The molecule has 0 radical (unpaired) electrons. The molecule has 2 aromatic carbocycles. The number of benzene rings is 2. The molecule has 1 unspecified atom stereocenters. The summed E-state index contributed by atoms with van der Waals surface area (Å²) in [5.74, 6) is 0.932. The molecule has 0 spiro atoms. The van der Waals surface area contributed by atoms with Gasteiger partial charge in [-0.05, 0) is 66.6 Å². The van der Waals surface area contributed by atoms with E-state index in [-0.39, 0.29) is 11.9 Å². The van der Waals surface area contributed by atoms with Crippen molar-refractivity contribution in [1.82, 2.24) is 5.32 Å². The van der Waals surface area contributed by atoms with Crippen LogP contribution in [0.3, 0.4) is 0 Å². The molecule has 4 nitrogen and oxygen atoms in total. The van der Waals surface area contributed by atoms with E-state index in [1.165, 1.54) is 11.1 Å². The molecule has 0 fully saturated rings. The first-order chi connectivity index (χ1) is 11.7. The van der Waals surface area contributed by atoms with Crippen LogP contribution < -0.4 is 15.8 Å². The van der Waals surface area contributed by atoms with E-state index < -0.39 is 0 Å². The van der Waals surface area contributed by atoms with Crippen molar-refractivity contribution < 1.29 is 9.53 Å². The second kappa shape index (κ2) is 7.39. The molecule has 0 aliphatic heterocycles. The number of nitrogens with two attached hydrogens (primary N) is 1. The summed E-state index contributed by atoms with van der Waals surface area (Å²) in [4.78, 5) is 12.3. The Labute approximate surface area is 143 Å². The van der Waals surface area contributed by atoms with Crippen LogP contribution in [0.4, 0.5) is 5.69 Å². The van der Waals surface area contributed by atoms with Crippen molar-refractivity contribution in [2.24, 2.45) is 0 Å². The highest BCUT2D eigenvalue weighted by Crippen LogP contribution is 2.31. The molecule has 0 saturated heterocycles. The SMILES string of the molecule is COc1ccc(CCC(=O)NC2CCCc3cc(N)ccc32)cc1. The van der Waals surface area contributed by atoms with E-state index in [1.807, 2.05) is 36.4 Å². The van der Waals surface area contributed by atoms with E-state index in [9.17, 15) is 4.79 Å². The highest BCUT2D eigenvalue weighted by Gasteiger charge is 2.21. The van der Waals surface area contributed by atoms with Crippen molar-refractivity contribution in [2.75, 3.05) is 12.8 Å². The fraction of sp³-hybridized carbons (Fsp3) is 0.350. The van der Waals surface area contributed by atoms with Crippen LogP contribution >= 0.6 is 0 Å². The third kappa shape index (κ3) is 3.88. The van der Waals surface area contributed by atoms with Gasteiger partial charge in [0.25, 0.3) is 0 Å². The first-order valence-electron chi connectivity index (χ1n) is 8.46. The lowest BCUT2D eigenvalue weighted by Crippen LogP contribution is -2.31. The zero-order chi connectivity index (χ0) is 16.9. The quantitative estimate of drug-likeness (QED) is 0.829. The molecule has 24 heavy (non-hydrogen) atoms. The molecule has 0 bridgehead atoms. The van der Waals surface area contributed by atoms with Crippen LogP contribution in [0.2, 0.25) is 0 Å². The van der Waals surface area contributed by atoms with Gasteiger partial charge < -0.3 is 15.8 Å². The number of carbonyl (C=O) groups excluding carboxylic acids is 1. The minimum Gasteiger partial charge on any atom is -0.497 e. The Balaban J connectivity index is 1.57. The van der Waals surface area contributed by atoms with Crippen molar-refractivity contribution in [3.63, 3.8) is 0 Å². The molecule has 3 rings (SSSR count). The summed E-state index contributed by atoms with van der Waals surface area (Å²) in [7, 11) is 1.65. The number of carbonyl (C=O) groups is 1. The number of fused-ring (bicyclic) bond motifs is 1. The Kier molecular flexibility index (Phi) is 5.04. The lowest BCUT2D eigenvalue weighted by molar-refractivity contribution is -0.121. The Morgan fingerprint density at radius 2 is 2.04 bits per heavy atom. The maximum absolute atomic E-state index is 12.3. The zero-order valence-corrected chi connectivity index (χ0v) is 14.0. The number of hydrogen-bond donors (Lipinski definition) is 2. The zero-order valence-electron chi connectivity index (χ0n) is 14.0. The Bertz CT molecular complexity index is 710. The molecule has 4 heteroatoms. The predicted molar refractivity (Wildman–Crippen MR) is 96.0 cm³/mol. The second-order valence-electron chi connectivity index (χ2n) is 6.32. The second-order valence-corrected chi connectivity index (χ2v) is 6.32. The number of methoxy groups -OCH3 is 1. The van der Waals surface area contributed by atoms with Crippen molar-refractivity contribution in [3.05, 3.63) is 59.2 Å². The predicted octanol–water partition coefficient (Wildman–Crippen LogP) is 3.40. The number of aryl methyl sites for hydroxylation is 2. The minimum absolute atomic E-state index is 0.0977. The number of amides is 1. The van der Waals surface area contributed by atoms with Crippen LogP contribution in [0.15, 0.2) is 42.5 Å². The van der Waals surface area contributed by atoms with Crippen molar-refractivity contribution in [2.45, 2.75) is 38.1 Å². The van der Waals surface area contributed by atoms with Crippen LogP contribution in [-0.2, 0) is 17.6 Å². The number of nitrogen functional groups attached to an aromatic ring is 1. The monoisotopic (exact) mass is 324 g/mol. The number of ether oxygens (including phenoxy) is 1. The first kappa shape index (κ1) is 16.4. The molecule has 0 aromatic heterocycles. The molecule has 0 saturated carbocycles. The molecule has 1 aliphatic carbocycles. The molecule has 3 N–H and O–H groups in total. The molecular formula is C20H24N2O2. The van der Waals surface area contributed by atoms with Gasteiger partial charge in [0.15, 0.2) is 0 Å². The van der Waals surface area contributed by atoms with Gasteiger partial charge in [-0.15, -0.1) is 0 Å². The van der Waals surface area contributed by atoms with Gasteiger partial charge >= 0.3 is 0 Å². The molecule has 1 aliphatic rings. The van der Waals surface area contributed by atoms with Crippen molar-refractivity contribution in [1.29, 1.82) is 0 Å². The summed E-state index contributed by atoms with van der Waals surface area (Å²) in [5.41, 5.74) is 10.3. The maximum atomic E-state index is 12.3. The van der Waals surface area contributed by atoms with Gasteiger partial charge in [-0.25, -0.2) is 0 Å². The van der Waals surface area contributed by atoms with Crippen LogP contribution in [0.1, 0.15) is 42.0 Å². The van der Waals surface area contributed by atoms with Gasteiger partial charge in [0.05, 0.1) is 13.2 Å². The third-order valence-electron chi connectivity index (χ3n) is 4.62. The summed E-state index contributed by atoms with van der Waals surface area (Å²) in [6.45, 7) is 0. The van der Waals surface area contributed by atoms with Gasteiger partial charge in [-0.3, -0.25) is 4.79 Å². The van der Waals surface area contributed by atoms with E-state index in [4.69, 9.17) is 10.5 Å². The Morgan fingerprint density at radius 3 is 2.79 bits per heavy atom. The lowest BCUT2D eigenvalue weighted by atomic mass is 9.87. The average Bonchev–Trinajstić information content (AvgIpc) is 2.60. The molecule has 1 atom stereocenters. The fourth-order valence-corrected chi connectivity index (χ4v) is 3.30. The number of hydrogen-bond acceptors (Lipinski definition) is 3. The highest BCUT2D eigenvalue weighted by atomic mass is 16.5. The maximum Gasteiger partial charge on any atom is 0.220 e. The van der Waals surface area contributed by atoms with Gasteiger partial charge in [-0.1, -0.05) is 18.2 Å². The Hall–Kier alpha value is -2.49. The van der Waals surface area contributed by atoms with Crippen LogP contribution in [0.25, 0.3) is 0 Å². The van der Waals surface area contributed by atoms with Gasteiger partial charge in [0, 0.05) is 12.1 Å². The van der Waals surface area contributed by atoms with Gasteiger partial charge in [-0.2, -0.15) is 0 Å². The summed E-state index contributed by atoms with van der Waals surface area (Å²) in [6.07, 6.45) is 4.34. The van der Waals surface area contributed by atoms with E-state index >= 15 is 0 Å². The lowest BCUT2D eigenvalue weighted by Gasteiger charge is -2.26. The smallest absolute Gasteiger partial charge is 0.220 e. The van der Waals surface area contributed by atoms with E-state index in [0.717, 1.165) is 42.7 Å². The summed E-state index contributed by atoms with van der Waals surface area (Å²) >= 11 is 0. The highest BCUT2D eigenvalue weighted by molar-refractivity contribution is 5.77. The van der Waals surface area contributed by atoms with Crippen molar-refractivity contribution >= 4 is 11.6 Å². The molecular weight excluding hydrogens is 300 g/mol. The van der Waals surface area contributed by atoms with E-state index in [2.05, 4.69) is 11.4 Å². The largest absolute Gasteiger partial charge is 0.497 e. The molecule has 2 aromatic rings. The van der Waals surface area contributed by atoms with Gasteiger partial charge in [0.2, 0.25) is 5.91 Å². The molecule has 126 valence electrons. The molecule has 1 amide bonds. The minimum atomic E-state index is 0.0977. The molecule has 0 heterocycles. The normalized spacial score (nSPS) is 16.3. The van der Waals surface area contributed by atoms with Crippen LogP contribution in [0.5, 0.6) is 5.75 Å². The number of anilines is 1. The van der Waals surface area contributed by atoms with E-state index in [1.54, 1.807) is 7.11 Å².